The van der Waals surface area contributed by atoms with Crippen LogP contribution in [-0.4, -0.2) is 25.5 Å². The third kappa shape index (κ3) is 2.60. The van der Waals surface area contributed by atoms with Crippen LogP contribution in [0.15, 0.2) is 47.8 Å². The molecule has 1 N–H and O–H groups in total. The summed E-state index contributed by atoms with van der Waals surface area (Å²) in [5.74, 6) is 0.616. The molecule has 0 radical (unpaired) electrons. The molecule has 20 heavy (non-hydrogen) atoms. The number of halogens is 1. The lowest BCUT2D eigenvalue weighted by atomic mass is 10.1. The Morgan fingerprint density at radius 1 is 1.20 bits per heavy atom. The predicted molar refractivity (Wildman–Crippen MR) is 78.1 cm³/mol. The number of anilines is 1. The average Bonchev–Trinajstić information content (AvgIpc) is 2.93. The van der Waals surface area contributed by atoms with E-state index in [4.69, 9.17) is 11.6 Å². The van der Waals surface area contributed by atoms with E-state index in [1.807, 2.05) is 37.3 Å². The van der Waals surface area contributed by atoms with Gasteiger partial charge in [-0.25, -0.2) is 0 Å². The Hall–Kier alpha value is -2.47. The molecule has 1 aromatic carbocycles. The largest absolute Gasteiger partial charge is 0.260 e. The van der Waals surface area contributed by atoms with Crippen molar-refractivity contribution in [3.8, 4) is 0 Å². The van der Waals surface area contributed by atoms with E-state index in [9.17, 15) is 0 Å². The van der Waals surface area contributed by atoms with Crippen molar-refractivity contribution in [2.75, 3.05) is 5.43 Å². The smallest absolute Gasteiger partial charge is 0.177 e. The number of benzene rings is 1. The van der Waals surface area contributed by atoms with Crippen molar-refractivity contribution in [1.82, 2.24) is 19.8 Å². The summed E-state index contributed by atoms with van der Waals surface area (Å²) in [4.78, 5) is 0. The molecule has 3 rings (SSSR count). The van der Waals surface area contributed by atoms with E-state index < -0.39 is 0 Å². The Labute approximate surface area is 120 Å². The first-order chi connectivity index (χ1) is 9.72. The monoisotopic (exact) mass is 286 g/mol. The zero-order chi connectivity index (χ0) is 13.9. The Morgan fingerprint density at radius 2 is 2.00 bits per heavy atom. The standard InChI is InChI=1S/C13H11ClN6/c1-9(10-2-4-11(14)5-3-10)16-17-12-6-7-13-18-15-8-20(13)19-12/h2-8H,1H3,(H,17,19). The quantitative estimate of drug-likeness (QED) is 0.594. The number of hydrogen-bond acceptors (Lipinski definition) is 5. The zero-order valence-electron chi connectivity index (χ0n) is 10.7. The first-order valence-electron chi connectivity index (χ1n) is 5.96. The Balaban J connectivity index is 1.80. The highest BCUT2D eigenvalue weighted by Crippen LogP contribution is 2.11. The minimum absolute atomic E-state index is 0.616. The van der Waals surface area contributed by atoms with Crippen molar-refractivity contribution in [3.63, 3.8) is 0 Å². The van der Waals surface area contributed by atoms with Crippen molar-refractivity contribution in [1.29, 1.82) is 0 Å². The summed E-state index contributed by atoms with van der Waals surface area (Å²) in [6.07, 6.45) is 1.54. The predicted octanol–water partition coefficient (Wildman–Crippen LogP) is 2.61. The molecule has 0 aliphatic carbocycles. The molecular formula is C13H11ClN6. The number of nitrogens with zero attached hydrogens (tertiary/aromatic N) is 5. The summed E-state index contributed by atoms with van der Waals surface area (Å²) in [6.45, 7) is 1.91. The molecule has 0 saturated heterocycles. The maximum absolute atomic E-state index is 5.85. The Kier molecular flexibility index (Phi) is 3.30. The SMILES string of the molecule is CC(=NNc1ccc2nncn2n1)c1ccc(Cl)cc1. The molecule has 0 unspecified atom stereocenters. The van der Waals surface area contributed by atoms with Gasteiger partial charge in [0, 0.05) is 5.02 Å². The first kappa shape index (κ1) is 12.6. The average molecular weight is 287 g/mol. The lowest BCUT2D eigenvalue weighted by molar-refractivity contribution is 0.924. The molecule has 0 amide bonds. The topological polar surface area (TPSA) is 67.5 Å². The van der Waals surface area contributed by atoms with E-state index >= 15 is 0 Å². The van der Waals surface area contributed by atoms with E-state index in [0.29, 0.717) is 16.5 Å². The summed E-state index contributed by atoms with van der Waals surface area (Å²) >= 11 is 5.85. The van der Waals surface area contributed by atoms with E-state index in [0.717, 1.165) is 11.3 Å². The van der Waals surface area contributed by atoms with Crippen LogP contribution in [0.3, 0.4) is 0 Å². The molecule has 0 saturated carbocycles. The summed E-state index contributed by atoms with van der Waals surface area (Å²) in [5.41, 5.74) is 5.43. The van der Waals surface area contributed by atoms with Gasteiger partial charge >= 0.3 is 0 Å². The lowest BCUT2D eigenvalue weighted by Crippen LogP contribution is -2.02. The van der Waals surface area contributed by atoms with Gasteiger partial charge in [0.15, 0.2) is 11.5 Å². The van der Waals surface area contributed by atoms with Crippen LogP contribution in [0.1, 0.15) is 12.5 Å². The van der Waals surface area contributed by atoms with Crippen LogP contribution in [0.4, 0.5) is 5.82 Å². The van der Waals surface area contributed by atoms with Crippen molar-refractivity contribution in [2.45, 2.75) is 6.92 Å². The molecule has 7 heteroatoms. The maximum Gasteiger partial charge on any atom is 0.177 e. The third-order valence-electron chi connectivity index (χ3n) is 2.76. The van der Waals surface area contributed by atoms with E-state index in [1.54, 1.807) is 10.6 Å². The second-order valence-corrected chi connectivity index (χ2v) is 4.60. The molecule has 2 heterocycles. The zero-order valence-corrected chi connectivity index (χ0v) is 11.4. The van der Waals surface area contributed by atoms with Crippen molar-refractivity contribution < 1.29 is 0 Å². The molecule has 0 spiro atoms. The number of aromatic nitrogens is 4. The van der Waals surface area contributed by atoms with E-state index in [-0.39, 0.29) is 0 Å². The fraction of sp³-hybridized carbons (Fsp3) is 0.0769. The van der Waals surface area contributed by atoms with Crippen LogP contribution in [0.5, 0.6) is 0 Å². The third-order valence-corrected chi connectivity index (χ3v) is 3.01. The molecule has 0 atom stereocenters. The van der Waals surface area contributed by atoms with Gasteiger partial charge in [0.25, 0.3) is 0 Å². The summed E-state index contributed by atoms with van der Waals surface area (Å²) < 4.78 is 1.58. The van der Waals surface area contributed by atoms with E-state index in [2.05, 4.69) is 25.8 Å². The van der Waals surface area contributed by atoms with Gasteiger partial charge in [-0.15, -0.1) is 15.3 Å². The van der Waals surface area contributed by atoms with Gasteiger partial charge in [-0.3, -0.25) is 5.43 Å². The van der Waals surface area contributed by atoms with Gasteiger partial charge in [0.1, 0.15) is 6.33 Å². The minimum atomic E-state index is 0.616. The van der Waals surface area contributed by atoms with Crippen LogP contribution in [0, 0.1) is 0 Å². The van der Waals surface area contributed by atoms with Gasteiger partial charge in [-0.2, -0.15) is 9.62 Å². The van der Waals surface area contributed by atoms with Crippen molar-refractivity contribution >= 4 is 28.8 Å². The molecule has 3 aromatic rings. The molecule has 0 aliphatic rings. The Bertz CT molecular complexity index is 762. The maximum atomic E-state index is 5.85. The van der Waals surface area contributed by atoms with Crippen LogP contribution in [0.25, 0.3) is 5.65 Å². The number of nitrogens with one attached hydrogen (secondary N) is 1. The fourth-order valence-corrected chi connectivity index (χ4v) is 1.81. The molecular weight excluding hydrogens is 276 g/mol. The molecule has 2 aromatic heterocycles. The minimum Gasteiger partial charge on any atom is -0.260 e. The van der Waals surface area contributed by atoms with Gasteiger partial charge in [0.05, 0.1) is 5.71 Å². The van der Waals surface area contributed by atoms with E-state index in [1.165, 1.54) is 6.33 Å². The van der Waals surface area contributed by atoms with Crippen LogP contribution >= 0.6 is 11.6 Å². The fourth-order valence-electron chi connectivity index (χ4n) is 1.68. The van der Waals surface area contributed by atoms with Crippen LogP contribution in [-0.2, 0) is 0 Å². The van der Waals surface area contributed by atoms with Gasteiger partial charge in [-0.1, -0.05) is 23.7 Å². The molecule has 100 valence electrons. The normalized spacial score (nSPS) is 11.8. The second-order valence-electron chi connectivity index (χ2n) is 4.17. The first-order valence-corrected chi connectivity index (χ1v) is 6.33. The Morgan fingerprint density at radius 3 is 2.80 bits per heavy atom. The second kappa shape index (κ2) is 5.26. The summed E-state index contributed by atoms with van der Waals surface area (Å²) in [6, 6.07) is 11.1. The summed E-state index contributed by atoms with van der Waals surface area (Å²) in [7, 11) is 0. The summed E-state index contributed by atoms with van der Waals surface area (Å²) in [5, 5.41) is 16.9. The van der Waals surface area contributed by atoms with Gasteiger partial charge in [0.2, 0.25) is 0 Å². The van der Waals surface area contributed by atoms with Gasteiger partial charge in [-0.05, 0) is 36.8 Å². The molecule has 0 aliphatic heterocycles. The highest BCUT2D eigenvalue weighted by Gasteiger charge is 2.00. The number of fused-ring (bicyclic) bond motifs is 1. The highest BCUT2D eigenvalue weighted by molar-refractivity contribution is 6.30. The molecule has 6 nitrogen and oxygen atoms in total. The number of hydrogen-bond donors (Lipinski definition) is 1. The van der Waals surface area contributed by atoms with Crippen LogP contribution in [0.2, 0.25) is 5.02 Å². The molecule has 0 bridgehead atoms. The number of hydrazone groups is 1. The van der Waals surface area contributed by atoms with Crippen LogP contribution < -0.4 is 5.43 Å². The van der Waals surface area contributed by atoms with Crippen molar-refractivity contribution in [2.24, 2.45) is 5.10 Å². The van der Waals surface area contributed by atoms with Gasteiger partial charge < -0.3 is 0 Å². The number of rotatable bonds is 3. The lowest BCUT2D eigenvalue weighted by Gasteiger charge is -2.03. The molecule has 0 fully saturated rings. The highest BCUT2D eigenvalue weighted by atomic mass is 35.5. The van der Waals surface area contributed by atoms with Crippen molar-refractivity contribution in [3.05, 3.63) is 53.3 Å².